The van der Waals surface area contributed by atoms with E-state index in [4.69, 9.17) is 0 Å². The zero-order valence-corrected chi connectivity index (χ0v) is 15.0. The van der Waals surface area contributed by atoms with Crippen LogP contribution in [0.25, 0.3) is 11.4 Å². The van der Waals surface area contributed by atoms with Crippen molar-refractivity contribution in [3.63, 3.8) is 0 Å². The largest absolute Gasteiger partial charge is 0.336 e. The lowest BCUT2D eigenvalue weighted by molar-refractivity contribution is -0.126. The van der Waals surface area contributed by atoms with Gasteiger partial charge in [-0.3, -0.25) is 14.3 Å². The molecular formula is C17H18FN5O2S. The molecular weight excluding hydrogens is 357 g/mol. The molecule has 1 atom stereocenters. The number of aromatic nitrogens is 3. The van der Waals surface area contributed by atoms with Crippen molar-refractivity contribution in [2.24, 2.45) is 0 Å². The summed E-state index contributed by atoms with van der Waals surface area (Å²) in [6, 6.07) is 6.32. The van der Waals surface area contributed by atoms with Crippen LogP contribution < -0.4 is 5.32 Å². The minimum absolute atomic E-state index is 0.222. The van der Waals surface area contributed by atoms with Crippen molar-refractivity contribution in [2.75, 3.05) is 13.1 Å². The van der Waals surface area contributed by atoms with Crippen molar-refractivity contribution >= 4 is 23.7 Å². The van der Waals surface area contributed by atoms with E-state index in [2.05, 4.69) is 15.5 Å². The van der Waals surface area contributed by atoms with E-state index in [9.17, 15) is 14.0 Å². The second kappa shape index (κ2) is 6.71. The molecule has 2 heterocycles. The lowest BCUT2D eigenvalue weighted by Crippen LogP contribution is -2.39. The van der Waals surface area contributed by atoms with E-state index in [1.165, 1.54) is 22.7 Å². The van der Waals surface area contributed by atoms with E-state index in [-0.39, 0.29) is 23.8 Å². The van der Waals surface area contributed by atoms with E-state index in [1.54, 1.807) is 25.1 Å². The maximum Gasteiger partial charge on any atom is 0.324 e. The summed E-state index contributed by atoms with van der Waals surface area (Å²) in [5.41, 5.74) is 0.400. The molecule has 2 fully saturated rings. The number of carbonyl (C=O) groups excluding carboxylic acids is 2. The number of hydrogen-bond donors (Lipinski definition) is 1. The van der Waals surface area contributed by atoms with Gasteiger partial charge in [0.05, 0.1) is 10.8 Å². The minimum Gasteiger partial charge on any atom is -0.336 e. The number of amides is 3. The van der Waals surface area contributed by atoms with Crippen LogP contribution in [0.3, 0.4) is 0 Å². The molecule has 2 aromatic rings. The summed E-state index contributed by atoms with van der Waals surface area (Å²) in [5, 5.41) is 11.1. The smallest absolute Gasteiger partial charge is 0.324 e. The van der Waals surface area contributed by atoms with Crippen molar-refractivity contribution in [1.82, 2.24) is 25.0 Å². The predicted molar refractivity (Wildman–Crippen MR) is 94.1 cm³/mol. The van der Waals surface area contributed by atoms with Gasteiger partial charge in [-0.25, -0.2) is 9.18 Å². The third-order valence-corrected chi connectivity index (χ3v) is 5.49. The highest BCUT2D eigenvalue weighted by molar-refractivity contribution is 8.00. The van der Waals surface area contributed by atoms with E-state index in [1.807, 2.05) is 4.57 Å². The molecule has 26 heavy (non-hydrogen) atoms. The van der Waals surface area contributed by atoms with Crippen molar-refractivity contribution in [1.29, 1.82) is 0 Å². The van der Waals surface area contributed by atoms with Crippen molar-refractivity contribution < 1.29 is 14.0 Å². The van der Waals surface area contributed by atoms with Gasteiger partial charge in [0, 0.05) is 19.1 Å². The second-order valence-corrected chi connectivity index (χ2v) is 7.68. The van der Waals surface area contributed by atoms with Crippen LogP contribution in [0.15, 0.2) is 29.4 Å². The summed E-state index contributed by atoms with van der Waals surface area (Å²) in [4.78, 5) is 25.4. The second-order valence-electron chi connectivity index (χ2n) is 6.37. The molecule has 7 nitrogen and oxygen atoms in total. The molecule has 0 bridgehead atoms. The van der Waals surface area contributed by atoms with Crippen LogP contribution in [0.1, 0.15) is 25.8 Å². The Bertz CT molecular complexity index is 867. The Balaban J connectivity index is 1.60. The molecule has 136 valence electrons. The standard InChI is InChI=1S/C17H18FN5O2S/c1-10(15(24)22-9-8-19-16(22)25)26-17-21-20-14(23(17)11-6-7-11)12-4-2-3-5-13(12)18/h2-5,10-11H,6-9H2,1H3,(H,19,25)/t10-/m0/s1. The zero-order valence-electron chi connectivity index (χ0n) is 14.2. The Morgan fingerprint density at radius 1 is 1.35 bits per heavy atom. The van der Waals surface area contributed by atoms with Crippen LogP contribution in [-0.4, -0.2) is 49.9 Å². The molecule has 4 rings (SSSR count). The Morgan fingerprint density at radius 2 is 2.12 bits per heavy atom. The fourth-order valence-corrected chi connectivity index (χ4v) is 3.94. The number of urea groups is 1. The van der Waals surface area contributed by atoms with Crippen molar-refractivity contribution in [2.45, 2.75) is 36.2 Å². The third kappa shape index (κ3) is 3.07. The number of carbonyl (C=O) groups is 2. The molecule has 1 aliphatic heterocycles. The van der Waals surface area contributed by atoms with Gasteiger partial charge in [0.15, 0.2) is 11.0 Å². The monoisotopic (exact) mass is 375 g/mol. The third-order valence-electron chi connectivity index (χ3n) is 4.44. The average Bonchev–Trinajstić information content (AvgIpc) is 3.25. The predicted octanol–water partition coefficient (Wildman–Crippen LogP) is 2.45. The Morgan fingerprint density at radius 3 is 2.77 bits per heavy atom. The van der Waals surface area contributed by atoms with E-state index in [0.717, 1.165) is 12.8 Å². The fourth-order valence-electron chi connectivity index (χ4n) is 2.96. The van der Waals surface area contributed by atoms with Crippen LogP contribution >= 0.6 is 11.8 Å². The summed E-state index contributed by atoms with van der Waals surface area (Å²) in [6.07, 6.45) is 1.95. The lowest BCUT2D eigenvalue weighted by atomic mass is 10.2. The minimum atomic E-state index is -0.492. The van der Waals surface area contributed by atoms with Gasteiger partial charge < -0.3 is 5.32 Å². The molecule has 0 radical (unpaired) electrons. The highest BCUT2D eigenvalue weighted by atomic mass is 32.2. The molecule has 2 aliphatic rings. The van der Waals surface area contributed by atoms with Gasteiger partial charge >= 0.3 is 6.03 Å². The van der Waals surface area contributed by atoms with Gasteiger partial charge in [0.1, 0.15) is 5.82 Å². The summed E-state index contributed by atoms with van der Waals surface area (Å²) >= 11 is 1.25. The summed E-state index contributed by atoms with van der Waals surface area (Å²) in [7, 11) is 0. The Labute approximate surface area is 154 Å². The number of imide groups is 1. The summed E-state index contributed by atoms with van der Waals surface area (Å²) in [5.74, 6) is -0.134. The number of nitrogens with zero attached hydrogens (tertiary/aromatic N) is 4. The molecule has 1 saturated carbocycles. The molecule has 1 aliphatic carbocycles. The quantitative estimate of drug-likeness (QED) is 0.812. The van der Waals surface area contributed by atoms with Gasteiger partial charge in [-0.05, 0) is 31.9 Å². The first-order chi connectivity index (χ1) is 12.6. The molecule has 1 aromatic heterocycles. The first kappa shape index (κ1) is 17.0. The van der Waals surface area contributed by atoms with Crippen LogP contribution in [0.5, 0.6) is 0 Å². The van der Waals surface area contributed by atoms with Crippen LogP contribution in [-0.2, 0) is 4.79 Å². The molecule has 0 spiro atoms. The van der Waals surface area contributed by atoms with Crippen LogP contribution in [0.2, 0.25) is 0 Å². The molecule has 3 amide bonds. The van der Waals surface area contributed by atoms with Crippen LogP contribution in [0, 0.1) is 5.82 Å². The number of rotatable bonds is 5. The maximum atomic E-state index is 14.2. The first-order valence-corrected chi connectivity index (χ1v) is 9.40. The Kier molecular flexibility index (Phi) is 4.39. The molecule has 9 heteroatoms. The normalized spacial score (nSPS) is 18.1. The first-order valence-electron chi connectivity index (χ1n) is 8.52. The molecule has 1 saturated heterocycles. The fraction of sp³-hybridized carbons (Fsp3) is 0.412. The zero-order chi connectivity index (χ0) is 18.3. The Hall–Kier alpha value is -2.42. The number of benzene rings is 1. The highest BCUT2D eigenvalue weighted by Crippen LogP contribution is 2.42. The lowest BCUT2D eigenvalue weighted by Gasteiger charge is -2.17. The van der Waals surface area contributed by atoms with Gasteiger partial charge in [0.25, 0.3) is 0 Å². The van der Waals surface area contributed by atoms with Crippen molar-refractivity contribution in [3.8, 4) is 11.4 Å². The molecule has 0 unspecified atom stereocenters. The topological polar surface area (TPSA) is 80.1 Å². The average molecular weight is 375 g/mol. The highest BCUT2D eigenvalue weighted by Gasteiger charge is 2.34. The van der Waals surface area contributed by atoms with E-state index >= 15 is 0 Å². The number of hydrogen-bond acceptors (Lipinski definition) is 5. The van der Waals surface area contributed by atoms with Gasteiger partial charge in [0.2, 0.25) is 5.91 Å². The van der Waals surface area contributed by atoms with Gasteiger partial charge in [-0.1, -0.05) is 23.9 Å². The number of nitrogens with one attached hydrogen (secondary N) is 1. The summed E-state index contributed by atoms with van der Waals surface area (Å²) < 4.78 is 16.1. The molecule has 1 aromatic carbocycles. The SMILES string of the molecule is C[C@H](Sc1nnc(-c2ccccc2F)n1C1CC1)C(=O)N1CCNC1=O. The summed E-state index contributed by atoms with van der Waals surface area (Å²) in [6.45, 7) is 2.59. The van der Waals surface area contributed by atoms with E-state index in [0.29, 0.717) is 29.6 Å². The van der Waals surface area contributed by atoms with E-state index < -0.39 is 5.25 Å². The number of thioether (sulfide) groups is 1. The van der Waals surface area contributed by atoms with Crippen LogP contribution in [0.4, 0.5) is 9.18 Å². The van der Waals surface area contributed by atoms with Gasteiger partial charge in [-0.2, -0.15) is 0 Å². The number of halogens is 1. The van der Waals surface area contributed by atoms with Gasteiger partial charge in [-0.15, -0.1) is 10.2 Å². The van der Waals surface area contributed by atoms with Crippen molar-refractivity contribution in [3.05, 3.63) is 30.1 Å². The maximum absolute atomic E-state index is 14.2. The molecule has 1 N–H and O–H groups in total.